The lowest BCUT2D eigenvalue weighted by Crippen LogP contribution is -2.51. The second-order valence-corrected chi connectivity index (χ2v) is 9.05. The van der Waals surface area contributed by atoms with E-state index in [4.69, 9.17) is 5.26 Å². The fraction of sp³-hybridized carbons (Fsp3) is 0.579. The van der Waals surface area contributed by atoms with Crippen LogP contribution in [0.2, 0.25) is 0 Å². The van der Waals surface area contributed by atoms with Gasteiger partial charge in [0.15, 0.2) is 0 Å². The molecule has 0 atom stereocenters. The molecule has 8 heteroatoms. The van der Waals surface area contributed by atoms with E-state index in [1.54, 1.807) is 12.1 Å². The maximum atomic E-state index is 12.8. The highest BCUT2D eigenvalue weighted by molar-refractivity contribution is 7.89. The number of nitriles is 1. The highest BCUT2D eigenvalue weighted by Crippen LogP contribution is 2.19. The van der Waals surface area contributed by atoms with Crippen LogP contribution in [0.1, 0.15) is 31.2 Å². The molecule has 1 aromatic carbocycles. The van der Waals surface area contributed by atoms with E-state index >= 15 is 0 Å². The van der Waals surface area contributed by atoms with Crippen molar-refractivity contribution in [3.8, 4) is 6.07 Å². The number of nitrogens with zero attached hydrogens (tertiary/aromatic N) is 4. The Morgan fingerprint density at radius 3 is 2.30 bits per heavy atom. The first-order valence-electron chi connectivity index (χ1n) is 9.51. The van der Waals surface area contributed by atoms with Gasteiger partial charge in [-0.1, -0.05) is 18.9 Å². The minimum atomic E-state index is -3.61. The zero-order valence-electron chi connectivity index (χ0n) is 15.5. The number of hydrogen-bond acceptors (Lipinski definition) is 5. The van der Waals surface area contributed by atoms with Crippen LogP contribution in [-0.2, 0) is 14.8 Å². The summed E-state index contributed by atoms with van der Waals surface area (Å²) in [5.74, 6) is 0.148. The largest absolute Gasteiger partial charge is 0.342 e. The van der Waals surface area contributed by atoms with E-state index in [1.807, 2.05) is 15.9 Å². The Morgan fingerprint density at radius 1 is 1.00 bits per heavy atom. The molecule has 0 unspecified atom stereocenters. The molecule has 1 aromatic rings. The molecule has 2 aliphatic heterocycles. The van der Waals surface area contributed by atoms with Crippen LogP contribution in [-0.4, -0.2) is 74.2 Å². The molecule has 27 heavy (non-hydrogen) atoms. The summed E-state index contributed by atoms with van der Waals surface area (Å²) in [6, 6.07) is 8.07. The first-order chi connectivity index (χ1) is 13.0. The van der Waals surface area contributed by atoms with Crippen LogP contribution in [0.3, 0.4) is 0 Å². The zero-order valence-corrected chi connectivity index (χ0v) is 16.3. The number of benzene rings is 1. The van der Waals surface area contributed by atoms with Crippen molar-refractivity contribution >= 4 is 15.9 Å². The van der Waals surface area contributed by atoms with E-state index in [2.05, 4.69) is 0 Å². The first-order valence-corrected chi connectivity index (χ1v) is 10.9. The minimum absolute atomic E-state index is 0.148. The van der Waals surface area contributed by atoms with Crippen LogP contribution in [0.25, 0.3) is 0 Å². The molecule has 0 N–H and O–H groups in total. The van der Waals surface area contributed by atoms with Crippen molar-refractivity contribution in [3.63, 3.8) is 0 Å². The second-order valence-electron chi connectivity index (χ2n) is 7.11. The lowest BCUT2D eigenvalue weighted by molar-refractivity contribution is -0.132. The smallest absolute Gasteiger partial charge is 0.243 e. The Labute approximate surface area is 161 Å². The molecular formula is C19H26N4O3S. The van der Waals surface area contributed by atoms with Gasteiger partial charge >= 0.3 is 0 Å². The third-order valence-electron chi connectivity index (χ3n) is 5.25. The topological polar surface area (TPSA) is 84.7 Å². The van der Waals surface area contributed by atoms with E-state index in [1.165, 1.54) is 29.3 Å². The molecule has 2 fully saturated rings. The fourth-order valence-corrected chi connectivity index (χ4v) is 5.08. The standard InChI is InChI=1S/C19H26N4O3S/c20-15-17-6-5-7-18(14-17)27(25,26)23-12-10-21(11-13-23)16-19(24)22-8-3-1-2-4-9-22/h5-7,14H,1-4,8-13,16H2. The number of sulfonamides is 1. The highest BCUT2D eigenvalue weighted by atomic mass is 32.2. The number of likely N-dealkylation sites (tertiary alicyclic amines) is 1. The molecule has 0 radical (unpaired) electrons. The van der Waals surface area contributed by atoms with Crippen LogP contribution in [0.5, 0.6) is 0 Å². The van der Waals surface area contributed by atoms with Gasteiger partial charge in [0, 0.05) is 39.3 Å². The number of amides is 1. The van der Waals surface area contributed by atoms with Gasteiger partial charge in [0.2, 0.25) is 15.9 Å². The Kier molecular flexibility index (Phi) is 6.47. The molecule has 2 heterocycles. The van der Waals surface area contributed by atoms with Crippen molar-refractivity contribution < 1.29 is 13.2 Å². The van der Waals surface area contributed by atoms with E-state index < -0.39 is 10.0 Å². The molecule has 7 nitrogen and oxygen atoms in total. The van der Waals surface area contributed by atoms with E-state index in [9.17, 15) is 13.2 Å². The van der Waals surface area contributed by atoms with Gasteiger partial charge in [0.25, 0.3) is 0 Å². The van der Waals surface area contributed by atoms with Gasteiger partial charge < -0.3 is 4.90 Å². The Hall–Kier alpha value is -1.95. The fourth-order valence-electron chi connectivity index (χ4n) is 3.61. The lowest BCUT2D eigenvalue weighted by Gasteiger charge is -2.34. The monoisotopic (exact) mass is 390 g/mol. The van der Waals surface area contributed by atoms with Gasteiger partial charge in [-0.2, -0.15) is 9.57 Å². The number of carbonyl (C=O) groups is 1. The van der Waals surface area contributed by atoms with Crippen LogP contribution in [0, 0.1) is 11.3 Å². The van der Waals surface area contributed by atoms with Gasteiger partial charge in [0.05, 0.1) is 23.1 Å². The SMILES string of the molecule is N#Cc1cccc(S(=O)(=O)N2CCN(CC(=O)N3CCCCCC3)CC2)c1. The van der Waals surface area contributed by atoms with Gasteiger partial charge in [0.1, 0.15) is 0 Å². The Balaban J connectivity index is 1.56. The van der Waals surface area contributed by atoms with Gasteiger partial charge in [-0.25, -0.2) is 8.42 Å². The average Bonchev–Trinajstić information content (AvgIpc) is 2.98. The molecule has 1 amide bonds. The summed E-state index contributed by atoms with van der Waals surface area (Å²) in [4.78, 5) is 16.6. The quantitative estimate of drug-likeness (QED) is 0.773. The maximum absolute atomic E-state index is 12.8. The summed E-state index contributed by atoms with van der Waals surface area (Å²) in [6.07, 6.45) is 4.51. The van der Waals surface area contributed by atoms with Crippen molar-refractivity contribution in [3.05, 3.63) is 29.8 Å². The van der Waals surface area contributed by atoms with Crippen LogP contribution in [0.15, 0.2) is 29.2 Å². The summed E-state index contributed by atoms with van der Waals surface area (Å²) in [5, 5.41) is 8.98. The average molecular weight is 391 g/mol. The summed E-state index contributed by atoms with van der Waals surface area (Å²) in [5.41, 5.74) is 0.331. The zero-order chi connectivity index (χ0) is 19.3. The Bertz CT molecular complexity index is 802. The molecule has 0 aliphatic carbocycles. The molecule has 0 bridgehead atoms. The summed E-state index contributed by atoms with van der Waals surface area (Å²) in [7, 11) is -3.61. The van der Waals surface area contributed by atoms with E-state index in [0.29, 0.717) is 38.3 Å². The number of rotatable bonds is 4. The maximum Gasteiger partial charge on any atom is 0.243 e. The van der Waals surface area contributed by atoms with Crippen molar-refractivity contribution in [2.45, 2.75) is 30.6 Å². The molecule has 146 valence electrons. The molecule has 0 aromatic heterocycles. The van der Waals surface area contributed by atoms with E-state index in [-0.39, 0.29) is 10.8 Å². The summed E-state index contributed by atoms with van der Waals surface area (Å²) >= 11 is 0. The van der Waals surface area contributed by atoms with Crippen LogP contribution < -0.4 is 0 Å². The lowest BCUT2D eigenvalue weighted by atomic mass is 10.2. The van der Waals surface area contributed by atoms with Gasteiger partial charge in [-0.05, 0) is 31.0 Å². The molecule has 3 rings (SSSR count). The highest BCUT2D eigenvalue weighted by Gasteiger charge is 2.30. The predicted octanol–water partition coefficient (Wildman–Crippen LogP) is 1.27. The summed E-state index contributed by atoms with van der Waals surface area (Å²) in [6.45, 7) is 3.81. The molecule has 0 saturated carbocycles. The van der Waals surface area contributed by atoms with Gasteiger partial charge in [-0.3, -0.25) is 9.69 Å². The van der Waals surface area contributed by atoms with Crippen molar-refractivity contribution in [1.82, 2.24) is 14.1 Å². The first kappa shape index (κ1) is 19.8. The number of piperazine rings is 1. The molecular weight excluding hydrogens is 364 g/mol. The normalized spacial score (nSPS) is 20.0. The third kappa shape index (κ3) is 4.86. The van der Waals surface area contributed by atoms with E-state index in [0.717, 1.165) is 25.9 Å². The molecule has 0 spiro atoms. The van der Waals surface area contributed by atoms with Crippen LogP contribution >= 0.6 is 0 Å². The second kappa shape index (κ2) is 8.83. The summed E-state index contributed by atoms with van der Waals surface area (Å²) < 4.78 is 27.0. The predicted molar refractivity (Wildman–Crippen MR) is 101 cm³/mol. The van der Waals surface area contributed by atoms with Crippen molar-refractivity contribution in [2.24, 2.45) is 0 Å². The number of hydrogen-bond donors (Lipinski definition) is 0. The minimum Gasteiger partial charge on any atom is -0.342 e. The molecule has 2 aliphatic rings. The Morgan fingerprint density at radius 2 is 1.67 bits per heavy atom. The number of carbonyl (C=O) groups excluding carboxylic acids is 1. The molecule has 2 saturated heterocycles. The van der Waals surface area contributed by atoms with Gasteiger partial charge in [-0.15, -0.1) is 0 Å². The van der Waals surface area contributed by atoms with Crippen molar-refractivity contribution in [2.75, 3.05) is 45.8 Å². The third-order valence-corrected chi connectivity index (χ3v) is 7.14. The van der Waals surface area contributed by atoms with Crippen LogP contribution in [0.4, 0.5) is 0 Å². The van der Waals surface area contributed by atoms with Crippen molar-refractivity contribution in [1.29, 1.82) is 5.26 Å².